The molecule has 0 fully saturated rings. The van der Waals surface area contributed by atoms with Gasteiger partial charge in [0.15, 0.2) is 11.7 Å². The highest BCUT2D eigenvalue weighted by Gasteiger charge is 2.38. The van der Waals surface area contributed by atoms with Gasteiger partial charge in [0.1, 0.15) is 17.1 Å². The van der Waals surface area contributed by atoms with Crippen LogP contribution in [0.3, 0.4) is 0 Å². The summed E-state index contributed by atoms with van der Waals surface area (Å²) in [6, 6.07) is 4.79. The zero-order valence-corrected chi connectivity index (χ0v) is 11.8. The molecule has 1 aliphatic carbocycles. The Balaban J connectivity index is 3.23. The fraction of sp³-hybridized carbons (Fsp3) is 0.400. The van der Waals surface area contributed by atoms with Crippen molar-refractivity contribution in [2.45, 2.75) is 26.7 Å². The Morgan fingerprint density at radius 3 is 1.86 bits per heavy atom. The van der Waals surface area contributed by atoms with Crippen LogP contribution in [0.4, 0.5) is 17.6 Å². The number of hydrogen-bond donors (Lipinski definition) is 0. The van der Waals surface area contributed by atoms with Crippen molar-refractivity contribution in [3.05, 3.63) is 34.5 Å². The molecule has 7 heteroatoms. The number of nitriles is 3. The largest absolute Gasteiger partial charge is 0.208 e. The quantitative estimate of drug-likeness (QED) is 0.565. The van der Waals surface area contributed by atoms with E-state index < -0.39 is 52.2 Å². The van der Waals surface area contributed by atoms with Crippen LogP contribution in [0.15, 0.2) is 34.5 Å². The van der Waals surface area contributed by atoms with Gasteiger partial charge in [-0.05, 0) is 26.7 Å². The van der Waals surface area contributed by atoms with E-state index >= 15 is 0 Å². The average molecular weight is 309 g/mol. The Kier molecular flexibility index (Phi) is 5.12. The zero-order chi connectivity index (χ0) is 17.1. The monoisotopic (exact) mass is 309 g/mol. The van der Waals surface area contributed by atoms with Crippen LogP contribution in [0.25, 0.3) is 0 Å². The van der Waals surface area contributed by atoms with Crippen LogP contribution in [0, 0.1) is 45.3 Å². The van der Waals surface area contributed by atoms with Gasteiger partial charge >= 0.3 is 0 Å². The highest BCUT2D eigenvalue weighted by molar-refractivity contribution is 5.53. The van der Waals surface area contributed by atoms with Crippen molar-refractivity contribution in [1.82, 2.24) is 0 Å². The van der Waals surface area contributed by atoms with Crippen LogP contribution in [0.5, 0.6) is 0 Å². The second kappa shape index (κ2) is 6.45. The van der Waals surface area contributed by atoms with Crippen LogP contribution < -0.4 is 0 Å². The lowest BCUT2D eigenvalue weighted by Crippen LogP contribution is -2.17. The summed E-state index contributed by atoms with van der Waals surface area (Å²) in [6.07, 6.45) is -0.711. The molecule has 0 aromatic rings. The van der Waals surface area contributed by atoms with E-state index in [2.05, 4.69) is 0 Å². The van der Waals surface area contributed by atoms with Gasteiger partial charge in [0.25, 0.3) is 0 Å². The third-order valence-electron chi connectivity index (χ3n) is 3.44. The summed E-state index contributed by atoms with van der Waals surface area (Å²) in [5.74, 6) is -8.17. The van der Waals surface area contributed by atoms with Crippen molar-refractivity contribution >= 4 is 0 Å². The maximum atomic E-state index is 13.9. The molecule has 114 valence electrons. The van der Waals surface area contributed by atoms with Gasteiger partial charge in [0, 0.05) is 5.57 Å². The first kappa shape index (κ1) is 17.5. The second-order valence-electron chi connectivity index (χ2n) is 5.08. The van der Waals surface area contributed by atoms with Crippen molar-refractivity contribution in [1.29, 1.82) is 15.8 Å². The van der Waals surface area contributed by atoms with Crippen molar-refractivity contribution in [3.63, 3.8) is 0 Å². The fourth-order valence-electron chi connectivity index (χ4n) is 1.96. The van der Waals surface area contributed by atoms with Crippen LogP contribution in [-0.2, 0) is 0 Å². The van der Waals surface area contributed by atoms with E-state index in [0.717, 1.165) is 6.92 Å². The van der Waals surface area contributed by atoms with Gasteiger partial charge in [0.2, 0.25) is 0 Å². The minimum Gasteiger partial charge on any atom is -0.208 e. The molecule has 0 heterocycles. The lowest BCUT2D eigenvalue weighted by molar-refractivity contribution is 0.334. The third kappa shape index (κ3) is 3.02. The van der Waals surface area contributed by atoms with Crippen LogP contribution >= 0.6 is 0 Å². The molecule has 0 bridgehead atoms. The summed E-state index contributed by atoms with van der Waals surface area (Å²) in [7, 11) is 0. The van der Waals surface area contributed by atoms with E-state index in [9.17, 15) is 17.6 Å². The number of nitrogens with zero attached hydrogens (tertiary/aromatic N) is 3. The molecule has 0 aromatic carbocycles. The van der Waals surface area contributed by atoms with Crippen LogP contribution in [0.2, 0.25) is 0 Å². The standard InChI is InChI=1S/C15H11F4N3/c1-8(5-20)10-13(18)11(16)9(12(17)14(10)19)3-4-15(2,6-21)7-22/h9H,3-4H2,1-2H3. The van der Waals surface area contributed by atoms with Gasteiger partial charge in [-0.3, -0.25) is 0 Å². The summed E-state index contributed by atoms with van der Waals surface area (Å²) < 4.78 is 55.6. The Morgan fingerprint density at radius 2 is 1.50 bits per heavy atom. The number of hydrogen-bond acceptors (Lipinski definition) is 3. The van der Waals surface area contributed by atoms with Crippen molar-refractivity contribution in [3.8, 4) is 18.2 Å². The predicted molar refractivity (Wildman–Crippen MR) is 68.9 cm³/mol. The molecular formula is C15H11F4N3. The number of rotatable bonds is 3. The highest BCUT2D eigenvalue weighted by Crippen LogP contribution is 2.45. The summed E-state index contributed by atoms with van der Waals surface area (Å²) in [4.78, 5) is 0. The average Bonchev–Trinajstić information content (AvgIpc) is 2.52. The molecule has 1 rings (SSSR count). The molecule has 1 aliphatic rings. The minimum atomic E-state index is -1.84. The zero-order valence-electron chi connectivity index (χ0n) is 11.8. The van der Waals surface area contributed by atoms with Gasteiger partial charge < -0.3 is 0 Å². The topological polar surface area (TPSA) is 71.4 Å². The molecule has 0 aromatic heterocycles. The number of allylic oxidation sites excluding steroid dienone is 6. The molecule has 0 spiro atoms. The normalized spacial score (nSPS) is 18.7. The van der Waals surface area contributed by atoms with E-state index in [1.807, 2.05) is 0 Å². The molecule has 0 aliphatic heterocycles. The first-order valence-electron chi connectivity index (χ1n) is 6.27. The molecule has 0 saturated carbocycles. The second-order valence-corrected chi connectivity index (χ2v) is 5.08. The van der Waals surface area contributed by atoms with Crippen LogP contribution in [-0.4, -0.2) is 0 Å². The van der Waals surface area contributed by atoms with Gasteiger partial charge in [-0.15, -0.1) is 0 Å². The minimum absolute atomic E-state index is 0.262. The van der Waals surface area contributed by atoms with Crippen LogP contribution in [0.1, 0.15) is 26.7 Å². The Labute approximate surface area is 125 Å². The molecule has 0 atom stereocenters. The molecule has 22 heavy (non-hydrogen) atoms. The van der Waals surface area contributed by atoms with Crippen molar-refractivity contribution in [2.75, 3.05) is 0 Å². The summed E-state index contributed by atoms with van der Waals surface area (Å²) >= 11 is 0. The lowest BCUT2D eigenvalue weighted by Gasteiger charge is -2.22. The van der Waals surface area contributed by atoms with Crippen molar-refractivity contribution < 1.29 is 17.6 Å². The first-order valence-corrected chi connectivity index (χ1v) is 6.27. The molecule has 0 amide bonds. The van der Waals surface area contributed by atoms with Gasteiger partial charge in [-0.25, -0.2) is 17.6 Å². The van der Waals surface area contributed by atoms with E-state index in [1.54, 1.807) is 12.1 Å². The smallest absolute Gasteiger partial charge is 0.166 e. The molecule has 0 unspecified atom stereocenters. The maximum Gasteiger partial charge on any atom is 0.166 e. The molecule has 0 N–H and O–H groups in total. The molecule has 0 radical (unpaired) electrons. The predicted octanol–water partition coefficient (Wildman–Crippen LogP) is 4.59. The maximum absolute atomic E-state index is 13.9. The first-order chi connectivity index (χ1) is 10.2. The van der Waals surface area contributed by atoms with E-state index in [0.29, 0.717) is 0 Å². The Morgan fingerprint density at radius 1 is 1.05 bits per heavy atom. The van der Waals surface area contributed by atoms with E-state index in [1.165, 1.54) is 13.0 Å². The van der Waals surface area contributed by atoms with Crippen molar-refractivity contribution in [2.24, 2.45) is 11.3 Å². The summed E-state index contributed by atoms with van der Waals surface area (Å²) in [5, 5.41) is 26.3. The highest BCUT2D eigenvalue weighted by atomic mass is 19.2. The van der Waals surface area contributed by atoms with E-state index in [4.69, 9.17) is 15.8 Å². The lowest BCUT2D eigenvalue weighted by atomic mass is 9.82. The van der Waals surface area contributed by atoms with Gasteiger partial charge in [-0.2, -0.15) is 15.8 Å². The fourth-order valence-corrected chi connectivity index (χ4v) is 1.96. The summed E-state index contributed by atoms with van der Waals surface area (Å²) in [5.41, 5.74) is -3.03. The van der Waals surface area contributed by atoms with E-state index in [-0.39, 0.29) is 6.42 Å². The Bertz CT molecular complexity index is 669. The Hall–Kier alpha value is -2.59. The third-order valence-corrected chi connectivity index (χ3v) is 3.44. The SMILES string of the molecule is CC(C#N)=C1C(F)=C(F)C(CCC(C)(C#N)C#N)C(F)=C1F. The van der Waals surface area contributed by atoms with Gasteiger partial charge in [0.05, 0.1) is 29.7 Å². The number of halogens is 4. The summed E-state index contributed by atoms with van der Waals surface area (Å²) in [6.45, 7) is 2.30. The molecule has 3 nitrogen and oxygen atoms in total. The van der Waals surface area contributed by atoms with Gasteiger partial charge in [-0.1, -0.05) is 0 Å². The molecular weight excluding hydrogens is 298 g/mol. The molecule has 0 saturated heterocycles.